The monoisotopic (exact) mass is 728 g/mol. The number of rotatable bonds is 7. The molecule has 1 aromatic heterocycles. The number of nitrogens with one attached hydrogen (secondary N) is 1. The van der Waals surface area contributed by atoms with Crippen LogP contribution in [-0.2, 0) is 21.5 Å². The Kier molecular flexibility index (Phi) is 7.77. The Labute approximate surface area is 307 Å². The van der Waals surface area contributed by atoms with Gasteiger partial charge in [-0.2, -0.15) is 12.7 Å². The average Bonchev–Trinajstić information content (AvgIpc) is 3.56. The summed E-state index contributed by atoms with van der Waals surface area (Å²) in [5.41, 5.74) is 5.40. The molecule has 6 aliphatic rings. The summed E-state index contributed by atoms with van der Waals surface area (Å²) in [6.07, 6.45) is 6.51. The standard InChI is InChI=1S/C40H52N6O5S/c1-24(2)44-20-34-40(22-44)21-43(5)19-33(40)46(34)38(48)39-18-31(39)30-17-27(51-6)13-15-28(30)36-35(25-10-8-7-9-11-25)29-14-12-26(16-32(29)45(36)23-39)37(47)41-52(49,50)42(3)4/h12-17,24-25,31,33-34H,7-11,18-23H2,1-6H3,(H,41,47). The minimum atomic E-state index is -3.98. The van der Waals surface area contributed by atoms with Crippen LogP contribution in [0.1, 0.15) is 85.7 Å². The van der Waals surface area contributed by atoms with E-state index in [9.17, 15) is 13.2 Å². The van der Waals surface area contributed by atoms with Gasteiger partial charge in [-0.05, 0) is 87.5 Å². The Morgan fingerprint density at radius 3 is 2.44 bits per heavy atom. The summed E-state index contributed by atoms with van der Waals surface area (Å²) in [6.45, 7) is 8.92. The van der Waals surface area contributed by atoms with E-state index < -0.39 is 21.5 Å². The van der Waals surface area contributed by atoms with Gasteiger partial charge in [0, 0.05) is 86.2 Å². The highest BCUT2D eigenvalue weighted by atomic mass is 32.2. The first kappa shape index (κ1) is 34.3. The third-order valence-corrected chi connectivity index (χ3v) is 15.2. The van der Waals surface area contributed by atoms with E-state index in [0.29, 0.717) is 18.5 Å². The van der Waals surface area contributed by atoms with E-state index in [1.807, 2.05) is 18.2 Å². The van der Waals surface area contributed by atoms with E-state index >= 15 is 4.79 Å². The van der Waals surface area contributed by atoms with Crippen LogP contribution in [0.3, 0.4) is 0 Å². The number of hydrogen-bond donors (Lipinski definition) is 1. The first-order valence-electron chi connectivity index (χ1n) is 19.1. The normalized spacial score (nSPS) is 30.0. The van der Waals surface area contributed by atoms with Crippen molar-refractivity contribution < 1.29 is 22.7 Å². The molecule has 2 aliphatic carbocycles. The van der Waals surface area contributed by atoms with Crippen molar-refractivity contribution in [1.82, 2.24) is 28.3 Å². The summed E-state index contributed by atoms with van der Waals surface area (Å²) >= 11 is 0. The van der Waals surface area contributed by atoms with Crippen LogP contribution in [0, 0.1) is 10.8 Å². The molecule has 3 saturated heterocycles. The van der Waals surface area contributed by atoms with Gasteiger partial charge in [0.15, 0.2) is 0 Å². The summed E-state index contributed by atoms with van der Waals surface area (Å²) in [4.78, 5) is 36.3. The molecule has 12 heteroatoms. The number of nitrogens with zero attached hydrogens (tertiary/aromatic N) is 5. The van der Waals surface area contributed by atoms with Gasteiger partial charge < -0.3 is 19.1 Å². The van der Waals surface area contributed by atoms with Crippen LogP contribution in [0.4, 0.5) is 0 Å². The van der Waals surface area contributed by atoms with Crippen molar-refractivity contribution in [2.24, 2.45) is 10.8 Å². The number of amides is 2. The molecule has 278 valence electrons. The lowest BCUT2D eigenvalue weighted by Crippen LogP contribution is -2.73. The maximum Gasteiger partial charge on any atom is 0.303 e. The maximum atomic E-state index is 15.5. The Morgan fingerprint density at radius 1 is 0.981 bits per heavy atom. The lowest BCUT2D eigenvalue weighted by atomic mass is 9.67. The molecular formula is C40H52N6O5S. The molecule has 1 spiro atoms. The van der Waals surface area contributed by atoms with Crippen LogP contribution >= 0.6 is 0 Å². The molecule has 5 fully saturated rings. The Balaban J connectivity index is 1.21. The highest BCUT2D eigenvalue weighted by molar-refractivity contribution is 7.87. The van der Waals surface area contributed by atoms with Crippen LogP contribution in [-0.4, -0.2) is 116 Å². The molecular weight excluding hydrogens is 677 g/mol. The van der Waals surface area contributed by atoms with Crippen molar-refractivity contribution in [3.05, 3.63) is 53.1 Å². The van der Waals surface area contributed by atoms with Gasteiger partial charge in [0.05, 0.1) is 30.3 Å². The summed E-state index contributed by atoms with van der Waals surface area (Å²) in [5, 5.41) is 1.08. The van der Waals surface area contributed by atoms with Crippen molar-refractivity contribution in [2.45, 2.75) is 88.9 Å². The van der Waals surface area contributed by atoms with E-state index in [1.165, 1.54) is 44.5 Å². The molecule has 52 heavy (non-hydrogen) atoms. The third-order valence-electron chi connectivity index (χ3n) is 13.8. The van der Waals surface area contributed by atoms with Gasteiger partial charge >= 0.3 is 10.2 Å². The fourth-order valence-corrected chi connectivity index (χ4v) is 11.6. The number of ether oxygens (including phenoxy) is 1. The molecule has 4 aliphatic heterocycles. The smallest absolute Gasteiger partial charge is 0.303 e. The molecule has 2 aromatic carbocycles. The molecule has 0 bridgehead atoms. The zero-order chi connectivity index (χ0) is 36.5. The van der Waals surface area contributed by atoms with Gasteiger partial charge in [-0.1, -0.05) is 25.3 Å². The minimum Gasteiger partial charge on any atom is -0.497 e. The second-order valence-electron chi connectivity index (χ2n) is 17.2. The van der Waals surface area contributed by atoms with Crippen LogP contribution in [0.15, 0.2) is 36.4 Å². The van der Waals surface area contributed by atoms with Gasteiger partial charge in [-0.25, -0.2) is 4.72 Å². The Morgan fingerprint density at radius 2 is 1.73 bits per heavy atom. The first-order valence-corrected chi connectivity index (χ1v) is 20.6. The van der Waals surface area contributed by atoms with Crippen LogP contribution in [0.2, 0.25) is 0 Å². The third kappa shape index (κ3) is 4.82. The lowest BCUT2D eigenvalue weighted by molar-refractivity contribution is -0.163. The molecule has 2 saturated carbocycles. The van der Waals surface area contributed by atoms with Crippen LogP contribution in [0.5, 0.6) is 5.75 Å². The van der Waals surface area contributed by atoms with Crippen LogP contribution in [0.25, 0.3) is 22.2 Å². The molecule has 5 unspecified atom stereocenters. The van der Waals surface area contributed by atoms with E-state index in [4.69, 9.17) is 4.74 Å². The number of likely N-dealkylation sites (N-methyl/N-ethyl adjacent to an activating group) is 1. The molecule has 3 aromatic rings. The van der Waals surface area contributed by atoms with E-state index in [2.05, 4.69) is 57.0 Å². The summed E-state index contributed by atoms with van der Waals surface area (Å²) < 4.78 is 36.7. The molecule has 5 atom stereocenters. The predicted octanol–water partition coefficient (Wildman–Crippen LogP) is 4.62. The number of carbonyl (C=O) groups is 2. The summed E-state index contributed by atoms with van der Waals surface area (Å²) in [5.74, 6) is 0.784. The number of carbonyl (C=O) groups excluding carboxylic acids is 2. The predicted molar refractivity (Wildman–Crippen MR) is 201 cm³/mol. The van der Waals surface area contributed by atoms with Crippen LogP contribution < -0.4 is 9.46 Å². The fourth-order valence-electron chi connectivity index (χ4n) is 11.1. The second-order valence-corrected chi connectivity index (χ2v) is 19.1. The summed E-state index contributed by atoms with van der Waals surface area (Å²) in [7, 11) is 2.71. The highest BCUT2D eigenvalue weighted by Gasteiger charge is 2.73. The number of fused-ring (bicyclic) bond motifs is 7. The molecule has 2 amide bonds. The molecule has 0 radical (unpaired) electrons. The van der Waals surface area contributed by atoms with E-state index in [0.717, 1.165) is 77.7 Å². The second kappa shape index (κ2) is 11.8. The number of aromatic nitrogens is 1. The highest BCUT2D eigenvalue weighted by Crippen LogP contribution is 2.68. The molecule has 11 nitrogen and oxygen atoms in total. The fraction of sp³-hybridized carbons (Fsp3) is 0.600. The number of likely N-dealkylation sites (tertiary alicyclic amines) is 3. The van der Waals surface area contributed by atoms with Crippen molar-refractivity contribution in [1.29, 1.82) is 0 Å². The number of hydrogen-bond acceptors (Lipinski definition) is 7. The SMILES string of the molecule is COc1ccc2c(c1)C1CC1(C(=O)N1C3CN(C)CC34CN(C(C)C)CC14)Cn1c-2c(C2CCCCC2)c2ccc(C(=O)NS(=O)(=O)N(C)C)cc21. The van der Waals surface area contributed by atoms with Crippen molar-refractivity contribution in [2.75, 3.05) is 54.4 Å². The van der Waals surface area contributed by atoms with Gasteiger partial charge in [0.25, 0.3) is 5.91 Å². The zero-order valence-electron chi connectivity index (χ0n) is 31.3. The number of benzene rings is 2. The maximum absolute atomic E-state index is 15.5. The van der Waals surface area contributed by atoms with Crippen molar-refractivity contribution in [3.8, 4) is 17.0 Å². The number of methoxy groups -OCH3 is 1. The molecule has 9 rings (SSSR count). The zero-order valence-corrected chi connectivity index (χ0v) is 32.1. The van der Waals surface area contributed by atoms with Gasteiger partial charge in [-0.3, -0.25) is 14.5 Å². The molecule has 5 heterocycles. The quantitative estimate of drug-likeness (QED) is 0.379. The van der Waals surface area contributed by atoms with Crippen molar-refractivity contribution in [3.63, 3.8) is 0 Å². The van der Waals surface area contributed by atoms with Gasteiger partial charge in [0.2, 0.25) is 5.91 Å². The average molecular weight is 729 g/mol. The largest absolute Gasteiger partial charge is 0.497 e. The van der Waals surface area contributed by atoms with Crippen molar-refractivity contribution >= 4 is 32.9 Å². The topological polar surface area (TPSA) is 107 Å². The Hall–Kier alpha value is -3.45. The summed E-state index contributed by atoms with van der Waals surface area (Å²) in [6, 6.07) is 12.8. The minimum absolute atomic E-state index is 0.0488. The van der Waals surface area contributed by atoms with Gasteiger partial charge in [-0.15, -0.1) is 0 Å². The van der Waals surface area contributed by atoms with Gasteiger partial charge in [0.1, 0.15) is 5.75 Å². The van der Waals surface area contributed by atoms with E-state index in [-0.39, 0.29) is 34.9 Å². The lowest BCUT2D eigenvalue weighted by Gasteiger charge is -2.57. The first-order chi connectivity index (χ1) is 24.8. The Bertz CT molecular complexity index is 2110. The molecule has 1 N–H and O–H groups in total. The van der Waals surface area contributed by atoms with E-state index in [1.54, 1.807) is 13.2 Å².